The van der Waals surface area contributed by atoms with Crippen LogP contribution in [0, 0.1) is 0 Å². The highest BCUT2D eigenvalue weighted by molar-refractivity contribution is 7.13. The second kappa shape index (κ2) is 6.55. The SMILES string of the molecule is COc1cccc(C2(C)NC(=O)N(Cc3coc(-c4cccs4)n3)C2=O)c1. The van der Waals surface area contributed by atoms with Crippen LogP contribution in [0.25, 0.3) is 10.8 Å². The van der Waals surface area contributed by atoms with Crippen molar-refractivity contribution >= 4 is 23.3 Å². The number of aromatic nitrogens is 1. The van der Waals surface area contributed by atoms with Crippen LogP contribution in [0.2, 0.25) is 0 Å². The molecule has 1 N–H and O–H groups in total. The van der Waals surface area contributed by atoms with Crippen LogP contribution in [0.3, 0.4) is 0 Å². The largest absolute Gasteiger partial charge is 0.497 e. The van der Waals surface area contributed by atoms with Gasteiger partial charge in [-0.05, 0) is 36.1 Å². The van der Waals surface area contributed by atoms with Crippen LogP contribution in [-0.2, 0) is 16.9 Å². The van der Waals surface area contributed by atoms with Crippen molar-refractivity contribution in [3.8, 4) is 16.5 Å². The van der Waals surface area contributed by atoms with E-state index in [2.05, 4.69) is 10.3 Å². The van der Waals surface area contributed by atoms with Gasteiger partial charge in [0.2, 0.25) is 5.89 Å². The van der Waals surface area contributed by atoms with Gasteiger partial charge in [-0.15, -0.1) is 11.3 Å². The molecule has 1 saturated heterocycles. The standard InChI is InChI=1S/C19H17N3O4S/c1-19(12-5-3-6-14(9-12)25-2)17(23)22(18(24)21-19)10-13-11-26-16(20-13)15-7-4-8-27-15/h3-9,11H,10H2,1-2H3,(H,21,24). The number of amides is 3. The molecule has 1 atom stereocenters. The van der Waals surface area contributed by atoms with Crippen molar-refractivity contribution in [3.05, 3.63) is 59.3 Å². The van der Waals surface area contributed by atoms with Gasteiger partial charge in [-0.3, -0.25) is 9.69 Å². The van der Waals surface area contributed by atoms with Crippen molar-refractivity contribution in [3.63, 3.8) is 0 Å². The lowest BCUT2D eigenvalue weighted by Crippen LogP contribution is -2.40. The number of carbonyl (C=O) groups excluding carboxylic acids is 2. The molecule has 8 heteroatoms. The minimum Gasteiger partial charge on any atom is -0.497 e. The van der Waals surface area contributed by atoms with E-state index < -0.39 is 11.6 Å². The van der Waals surface area contributed by atoms with Crippen LogP contribution >= 0.6 is 11.3 Å². The molecule has 2 aromatic heterocycles. The summed E-state index contributed by atoms with van der Waals surface area (Å²) in [5.74, 6) is 0.746. The Morgan fingerprint density at radius 1 is 1.30 bits per heavy atom. The summed E-state index contributed by atoms with van der Waals surface area (Å²) in [6.07, 6.45) is 1.47. The molecule has 3 heterocycles. The van der Waals surface area contributed by atoms with Crippen LogP contribution in [0.1, 0.15) is 18.2 Å². The third kappa shape index (κ3) is 2.97. The van der Waals surface area contributed by atoms with Gasteiger partial charge in [-0.2, -0.15) is 0 Å². The number of hydrogen-bond donors (Lipinski definition) is 1. The minimum atomic E-state index is -1.16. The quantitative estimate of drug-likeness (QED) is 0.683. The Balaban J connectivity index is 1.58. The average Bonchev–Trinajstić information content (AvgIpc) is 3.40. The molecule has 1 aromatic carbocycles. The molecule has 1 unspecified atom stereocenters. The number of ether oxygens (including phenoxy) is 1. The lowest BCUT2D eigenvalue weighted by Gasteiger charge is -2.22. The summed E-state index contributed by atoms with van der Waals surface area (Å²) < 4.78 is 10.7. The molecule has 3 amide bonds. The number of nitrogens with one attached hydrogen (secondary N) is 1. The van der Waals surface area contributed by atoms with Gasteiger partial charge in [-0.25, -0.2) is 9.78 Å². The fourth-order valence-electron chi connectivity index (χ4n) is 3.03. The highest BCUT2D eigenvalue weighted by atomic mass is 32.1. The van der Waals surface area contributed by atoms with E-state index in [-0.39, 0.29) is 12.5 Å². The summed E-state index contributed by atoms with van der Waals surface area (Å²) in [5, 5.41) is 4.70. The Labute approximate surface area is 159 Å². The van der Waals surface area contributed by atoms with Crippen LogP contribution in [-0.4, -0.2) is 28.9 Å². The van der Waals surface area contributed by atoms with E-state index in [1.54, 1.807) is 38.3 Å². The van der Waals surface area contributed by atoms with Crippen molar-refractivity contribution in [1.82, 2.24) is 15.2 Å². The molecule has 0 radical (unpaired) electrons. The lowest BCUT2D eigenvalue weighted by molar-refractivity contribution is -0.131. The molecule has 0 saturated carbocycles. The molecule has 7 nitrogen and oxygen atoms in total. The second-order valence-corrected chi connectivity index (χ2v) is 7.25. The van der Waals surface area contributed by atoms with Crippen LogP contribution in [0.4, 0.5) is 4.79 Å². The number of carbonyl (C=O) groups is 2. The maximum absolute atomic E-state index is 13.0. The molecule has 0 spiro atoms. The molecular formula is C19H17N3O4S. The van der Waals surface area contributed by atoms with Crippen molar-refractivity contribution in [2.24, 2.45) is 0 Å². The fourth-order valence-corrected chi connectivity index (χ4v) is 3.68. The molecular weight excluding hydrogens is 366 g/mol. The van der Waals surface area contributed by atoms with Crippen LogP contribution < -0.4 is 10.1 Å². The van der Waals surface area contributed by atoms with Gasteiger partial charge >= 0.3 is 6.03 Å². The zero-order valence-electron chi connectivity index (χ0n) is 14.8. The number of benzene rings is 1. The molecule has 0 bridgehead atoms. The van der Waals surface area contributed by atoms with E-state index >= 15 is 0 Å². The number of methoxy groups -OCH3 is 1. The van der Waals surface area contributed by atoms with Gasteiger partial charge in [-0.1, -0.05) is 18.2 Å². The van der Waals surface area contributed by atoms with Crippen LogP contribution in [0.15, 0.2) is 52.5 Å². The molecule has 3 aromatic rings. The number of thiophene rings is 1. The maximum atomic E-state index is 13.0. The number of rotatable bonds is 5. The Hall–Kier alpha value is -3.13. The highest BCUT2D eigenvalue weighted by Gasteiger charge is 2.49. The van der Waals surface area contributed by atoms with E-state index in [4.69, 9.17) is 9.15 Å². The number of oxazole rings is 1. The van der Waals surface area contributed by atoms with Crippen molar-refractivity contribution in [2.45, 2.75) is 19.0 Å². The number of imide groups is 1. The smallest absolute Gasteiger partial charge is 0.325 e. The van der Waals surface area contributed by atoms with Crippen molar-refractivity contribution < 1.29 is 18.7 Å². The van der Waals surface area contributed by atoms with Gasteiger partial charge in [0.15, 0.2) is 0 Å². The molecule has 1 aliphatic rings. The molecule has 1 fully saturated rings. The monoisotopic (exact) mass is 383 g/mol. The number of urea groups is 1. The topological polar surface area (TPSA) is 84.7 Å². The number of hydrogen-bond acceptors (Lipinski definition) is 6. The average molecular weight is 383 g/mol. The third-order valence-electron chi connectivity index (χ3n) is 4.53. The lowest BCUT2D eigenvalue weighted by atomic mass is 9.92. The van der Waals surface area contributed by atoms with Gasteiger partial charge in [0, 0.05) is 0 Å². The van der Waals surface area contributed by atoms with Gasteiger partial charge < -0.3 is 14.5 Å². The first kappa shape index (κ1) is 17.3. The summed E-state index contributed by atoms with van der Waals surface area (Å²) in [7, 11) is 1.55. The first-order valence-corrected chi connectivity index (χ1v) is 9.16. The summed E-state index contributed by atoms with van der Waals surface area (Å²) >= 11 is 1.51. The molecule has 4 rings (SSSR count). The van der Waals surface area contributed by atoms with Crippen molar-refractivity contribution in [2.75, 3.05) is 7.11 Å². The Kier molecular flexibility index (Phi) is 4.19. The molecule has 138 valence electrons. The molecule has 27 heavy (non-hydrogen) atoms. The second-order valence-electron chi connectivity index (χ2n) is 6.30. The fraction of sp³-hybridized carbons (Fsp3) is 0.211. The Morgan fingerprint density at radius 3 is 2.89 bits per heavy atom. The van der Waals surface area contributed by atoms with E-state index in [9.17, 15) is 9.59 Å². The molecule has 1 aliphatic heterocycles. The molecule has 0 aliphatic carbocycles. The van der Waals surface area contributed by atoms with E-state index in [0.29, 0.717) is 22.9 Å². The number of nitrogens with zero attached hydrogens (tertiary/aromatic N) is 2. The normalized spacial score (nSPS) is 19.4. The van der Waals surface area contributed by atoms with Gasteiger partial charge in [0.05, 0.1) is 24.2 Å². The highest BCUT2D eigenvalue weighted by Crippen LogP contribution is 2.32. The van der Waals surface area contributed by atoms with E-state index in [1.807, 2.05) is 17.5 Å². The predicted octanol–water partition coefficient (Wildman–Crippen LogP) is 3.38. The zero-order valence-corrected chi connectivity index (χ0v) is 15.6. The summed E-state index contributed by atoms with van der Waals surface area (Å²) in [6, 6.07) is 10.4. The summed E-state index contributed by atoms with van der Waals surface area (Å²) in [4.78, 5) is 31.9. The van der Waals surface area contributed by atoms with Gasteiger partial charge in [0.1, 0.15) is 17.6 Å². The summed E-state index contributed by atoms with van der Waals surface area (Å²) in [6.45, 7) is 1.72. The zero-order chi connectivity index (χ0) is 19.0. The minimum absolute atomic E-state index is 0.0408. The Bertz CT molecular complexity index is 998. The maximum Gasteiger partial charge on any atom is 0.325 e. The van der Waals surface area contributed by atoms with Gasteiger partial charge in [0.25, 0.3) is 5.91 Å². The van der Waals surface area contributed by atoms with Crippen LogP contribution in [0.5, 0.6) is 5.75 Å². The summed E-state index contributed by atoms with van der Waals surface area (Å²) in [5.41, 5.74) is 0.00489. The third-order valence-corrected chi connectivity index (χ3v) is 5.38. The van der Waals surface area contributed by atoms with E-state index in [1.165, 1.54) is 17.6 Å². The Morgan fingerprint density at radius 2 is 2.15 bits per heavy atom. The predicted molar refractivity (Wildman–Crippen MR) is 99.2 cm³/mol. The van der Waals surface area contributed by atoms with E-state index in [0.717, 1.165) is 9.78 Å². The van der Waals surface area contributed by atoms with Crippen molar-refractivity contribution in [1.29, 1.82) is 0 Å². The first-order chi connectivity index (χ1) is 13.0. The first-order valence-electron chi connectivity index (χ1n) is 8.28.